The SMILES string of the molecule is CCCOC1CCC(C)(N2CCC(n3c(=O)oc4ccccc43)CC2)CC1. The molecule has 0 amide bonds. The van der Waals surface area contributed by atoms with E-state index in [0.717, 1.165) is 44.5 Å². The molecular formula is C22H32N2O3. The van der Waals surface area contributed by atoms with Gasteiger partial charge in [0.2, 0.25) is 0 Å². The Bertz CT molecular complexity index is 808. The summed E-state index contributed by atoms with van der Waals surface area (Å²) in [6, 6.07) is 8.00. The minimum atomic E-state index is -0.213. The summed E-state index contributed by atoms with van der Waals surface area (Å²) in [7, 11) is 0. The van der Waals surface area contributed by atoms with Crippen LogP contribution in [0.3, 0.4) is 0 Å². The minimum absolute atomic E-state index is 0.213. The maximum atomic E-state index is 12.4. The first kappa shape index (κ1) is 18.8. The van der Waals surface area contributed by atoms with Gasteiger partial charge in [0.05, 0.1) is 11.6 Å². The molecule has 2 fully saturated rings. The van der Waals surface area contributed by atoms with Crippen LogP contribution in [0.1, 0.15) is 64.8 Å². The van der Waals surface area contributed by atoms with Crippen LogP contribution >= 0.6 is 0 Å². The largest absolute Gasteiger partial charge is 0.420 e. The van der Waals surface area contributed by atoms with Crippen molar-refractivity contribution in [1.29, 1.82) is 0 Å². The van der Waals surface area contributed by atoms with E-state index >= 15 is 0 Å². The Balaban J connectivity index is 1.39. The first-order chi connectivity index (χ1) is 13.1. The summed E-state index contributed by atoms with van der Waals surface area (Å²) in [5, 5.41) is 0. The smallest absolute Gasteiger partial charge is 0.408 e. The number of benzene rings is 1. The first-order valence-electron chi connectivity index (χ1n) is 10.6. The number of rotatable bonds is 5. The van der Waals surface area contributed by atoms with E-state index < -0.39 is 0 Å². The summed E-state index contributed by atoms with van der Waals surface area (Å²) in [5.74, 6) is -0.213. The Morgan fingerprint density at radius 2 is 1.85 bits per heavy atom. The molecule has 4 rings (SSSR count). The van der Waals surface area contributed by atoms with Crippen molar-refractivity contribution >= 4 is 11.1 Å². The molecule has 1 saturated heterocycles. The zero-order valence-corrected chi connectivity index (χ0v) is 16.7. The maximum absolute atomic E-state index is 12.4. The summed E-state index contributed by atoms with van der Waals surface area (Å²) >= 11 is 0. The van der Waals surface area contributed by atoms with E-state index in [1.807, 2.05) is 28.8 Å². The molecule has 0 unspecified atom stereocenters. The molecule has 2 heterocycles. The van der Waals surface area contributed by atoms with Gasteiger partial charge in [-0.15, -0.1) is 0 Å². The average Bonchev–Trinajstić information content (AvgIpc) is 3.03. The number of nitrogens with zero attached hydrogens (tertiary/aromatic N) is 2. The van der Waals surface area contributed by atoms with Crippen molar-refractivity contribution in [3.63, 3.8) is 0 Å². The average molecular weight is 373 g/mol. The molecule has 1 saturated carbocycles. The van der Waals surface area contributed by atoms with Gasteiger partial charge >= 0.3 is 5.76 Å². The fraction of sp³-hybridized carbons (Fsp3) is 0.682. The lowest BCUT2D eigenvalue weighted by molar-refractivity contribution is -0.0306. The van der Waals surface area contributed by atoms with Gasteiger partial charge in [-0.2, -0.15) is 0 Å². The van der Waals surface area contributed by atoms with Gasteiger partial charge in [-0.1, -0.05) is 19.1 Å². The molecule has 5 nitrogen and oxygen atoms in total. The van der Waals surface area contributed by atoms with E-state index in [1.165, 1.54) is 25.7 Å². The lowest BCUT2D eigenvalue weighted by Crippen LogP contribution is -2.53. The molecule has 2 aliphatic rings. The Labute approximate surface area is 161 Å². The van der Waals surface area contributed by atoms with Crippen molar-refractivity contribution in [2.24, 2.45) is 0 Å². The number of aromatic nitrogens is 1. The highest BCUT2D eigenvalue weighted by molar-refractivity contribution is 5.72. The number of fused-ring (bicyclic) bond motifs is 1. The number of piperidine rings is 1. The molecule has 0 spiro atoms. The molecule has 148 valence electrons. The van der Waals surface area contributed by atoms with Crippen LogP contribution in [0.25, 0.3) is 11.1 Å². The van der Waals surface area contributed by atoms with Gasteiger partial charge in [0.1, 0.15) is 0 Å². The predicted molar refractivity (Wildman–Crippen MR) is 107 cm³/mol. The van der Waals surface area contributed by atoms with Crippen LogP contribution in [0.4, 0.5) is 0 Å². The number of para-hydroxylation sites is 2. The third kappa shape index (κ3) is 3.72. The van der Waals surface area contributed by atoms with E-state index in [1.54, 1.807) is 0 Å². The van der Waals surface area contributed by atoms with Gasteiger partial charge in [-0.25, -0.2) is 4.79 Å². The van der Waals surface area contributed by atoms with Crippen LogP contribution in [0, 0.1) is 0 Å². The van der Waals surface area contributed by atoms with Crippen molar-refractivity contribution < 1.29 is 9.15 Å². The Morgan fingerprint density at radius 3 is 2.56 bits per heavy atom. The highest BCUT2D eigenvalue weighted by Gasteiger charge is 2.38. The highest BCUT2D eigenvalue weighted by Crippen LogP contribution is 2.38. The standard InChI is InChI=1S/C22H32N2O3/c1-3-16-26-18-8-12-22(2,13-9-18)23-14-10-17(11-15-23)24-19-6-4-5-7-20(19)27-21(24)25/h4-7,17-18H,3,8-16H2,1-2H3. The maximum Gasteiger partial charge on any atom is 0.420 e. The topological polar surface area (TPSA) is 47.6 Å². The molecule has 0 N–H and O–H groups in total. The van der Waals surface area contributed by atoms with E-state index in [9.17, 15) is 4.79 Å². The molecule has 5 heteroatoms. The Kier molecular flexibility index (Phi) is 5.42. The molecule has 0 atom stereocenters. The van der Waals surface area contributed by atoms with Gasteiger partial charge in [0.15, 0.2) is 5.58 Å². The molecule has 0 radical (unpaired) electrons. The number of hydrogen-bond acceptors (Lipinski definition) is 4. The summed E-state index contributed by atoms with van der Waals surface area (Å²) in [5.41, 5.74) is 1.91. The first-order valence-corrected chi connectivity index (χ1v) is 10.6. The number of hydrogen-bond donors (Lipinski definition) is 0. The molecular weight excluding hydrogens is 340 g/mol. The molecule has 1 aromatic heterocycles. The second-order valence-corrected chi connectivity index (χ2v) is 8.49. The van der Waals surface area contributed by atoms with E-state index in [2.05, 4.69) is 18.7 Å². The predicted octanol–water partition coefficient (Wildman–Crippen LogP) is 4.36. The summed E-state index contributed by atoms with van der Waals surface area (Å²) in [6.45, 7) is 7.58. The highest BCUT2D eigenvalue weighted by atomic mass is 16.5. The van der Waals surface area contributed by atoms with Gasteiger partial charge in [0.25, 0.3) is 0 Å². The second kappa shape index (κ2) is 7.80. The molecule has 1 aliphatic carbocycles. The second-order valence-electron chi connectivity index (χ2n) is 8.49. The normalized spacial score (nSPS) is 28.0. The lowest BCUT2D eigenvalue weighted by Gasteiger charge is -2.48. The van der Waals surface area contributed by atoms with E-state index in [0.29, 0.717) is 11.7 Å². The van der Waals surface area contributed by atoms with Gasteiger partial charge in [-0.3, -0.25) is 9.47 Å². The van der Waals surface area contributed by atoms with Crippen molar-refractivity contribution in [2.75, 3.05) is 19.7 Å². The quantitative estimate of drug-likeness (QED) is 0.782. The van der Waals surface area contributed by atoms with Crippen molar-refractivity contribution in [1.82, 2.24) is 9.47 Å². The fourth-order valence-electron chi connectivity index (χ4n) is 4.97. The summed E-state index contributed by atoms with van der Waals surface area (Å²) < 4.78 is 13.3. The lowest BCUT2D eigenvalue weighted by atomic mass is 9.79. The third-order valence-electron chi connectivity index (χ3n) is 6.68. The molecule has 1 aliphatic heterocycles. The molecule has 1 aromatic carbocycles. The van der Waals surface area contributed by atoms with Crippen molar-refractivity contribution in [3.8, 4) is 0 Å². The zero-order valence-electron chi connectivity index (χ0n) is 16.7. The van der Waals surface area contributed by atoms with E-state index in [4.69, 9.17) is 9.15 Å². The third-order valence-corrected chi connectivity index (χ3v) is 6.68. The van der Waals surface area contributed by atoms with Crippen LogP contribution in [-0.2, 0) is 4.74 Å². The van der Waals surface area contributed by atoms with Gasteiger partial charge in [-0.05, 0) is 64.0 Å². The van der Waals surface area contributed by atoms with Crippen molar-refractivity contribution in [2.45, 2.75) is 76.5 Å². The fourth-order valence-corrected chi connectivity index (χ4v) is 4.97. The molecule has 2 aromatic rings. The zero-order chi connectivity index (χ0) is 18.9. The number of ether oxygens (including phenoxy) is 1. The van der Waals surface area contributed by atoms with Crippen LogP contribution in [0.2, 0.25) is 0 Å². The Morgan fingerprint density at radius 1 is 1.15 bits per heavy atom. The van der Waals surface area contributed by atoms with Gasteiger partial charge < -0.3 is 9.15 Å². The molecule has 0 bridgehead atoms. The number of likely N-dealkylation sites (tertiary alicyclic amines) is 1. The minimum Gasteiger partial charge on any atom is -0.408 e. The van der Waals surface area contributed by atoms with Crippen LogP contribution in [0.15, 0.2) is 33.5 Å². The van der Waals surface area contributed by atoms with Crippen LogP contribution in [0.5, 0.6) is 0 Å². The van der Waals surface area contributed by atoms with Crippen LogP contribution in [-0.4, -0.2) is 40.8 Å². The van der Waals surface area contributed by atoms with Crippen LogP contribution < -0.4 is 5.76 Å². The monoisotopic (exact) mass is 372 g/mol. The van der Waals surface area contributed by atoms with E-state index in [-0.39, 0.29) is 17.3 Å². The Hall–Kier alpha value is -1.59. The summed E-state index contributed by atoms with van der Waals surface area (Å²) in [6.07, 6.45) is 8.32. The van der Waals surface area contributed by atoms with Gasteiger partial charge in [0, 0.05) is 31.3 Å². The summed E-state index contributed by atoms with van der Waals surface area (Å²) in [4.78, 5) is 15.0. The van der Waals surface area contributed by atoms with Crippen molar-refractivity contribution in [3.05, 3.63) is 34.8 Å². The number of oxazole rings is 1. The molecule has 27 heavy (non-hydrogen) atoms.